The average molecular weight is 596 g/mol. The predicted octanol–water partition coefficient (Wildman–Crippen LogP) is 7.65. The van der Waals surface area contributed by atoms with Crippen LogP contribution in [0.3, 0.4) is 0 Å². The van der Waals surface area contributed by atoms with Crippen LogP contribution in [0.2, 0.25) is 0 Å². The van der Waals surface area contributed by atoms with Crippen molar-refractivity contribution in [3.05, 3.63) is 40.9 Å². The third-order valence-corrected chi connectivity index (χ3v) is 9.89. The number of rotatable bonds is 18. The smallest absolute Gasteiger partial charge is 0.224 e. The molecule has 1 aliphatic rings. The SMILES string of the molecule is C=C(CN(CC)CC)C(=O)CC[C@@H](NC(=O)[C@@H](CC(=O)CCC)Cc1nc2ccc(C(C)C)cc2s1)C1CCCCC1. The Morgan fingerprint density at radius 1 is 1.07 bits per heavy atom. The highest BCUT2D eigenvalue weighted by molar-refractivity contribution is 7.18. The minimum atomic E-state index is -0.464. The van der Waals surface area contributed by atoms with Crippen molar-refractivity contribution < 1.29 is 14.4 Å². The van der Waals surface area contributed by atoms with Gasteiger partial charge in [-0.1, -0.05) is 66.5 Å². The Bertz CT molecular complexity index is 1190. The summed E-state index contributed by atoms with van der Waals surface area (Å²) in [6.07, 6.45) is 8.60. The van der Waals surface area contributed by atoms with Crippen molar-refractivity contribution in [2.75, 3.05) is 19.6 Å². The van der Waals surface area contributed by atoms with E-state index in [4.69, 9.17) is 4.98 Å². The number of carbonyl (C=O) groups is 3. The molecular formula is C35H53N3O3S. The van der Waals surface area contributed by atoms with Crippen LogP contribution in [-0.4, -0.2) is 53.0 Å². The number of likely N-dealkylation sites (N-methyl/N-ethyl adjacent to an activating group) is 1. The Morgan fingerprint density at radius 2 is 1.79 bits per heavy atom. The van der Waals surface area contributed by atoms with Crippen LogP contribution in [0.5, 0.6) is 0 Å². The van der Waals surface area contributed by atoms with Crippen LogP contribution in [0.15, 0.2) is 30.4 Å². The van der Waals surface area contributed by atoms with Crippen LogP contribution in [0.1, 0.15) is 115 Å². The van der Waals surface area contributed by atoms with Gasteiger partial charge in [-0.2, -0.15) is 0 Å². The summed E-state index contributed by atoms with van der Waals surface area (Å²) in [7, 11) is 0. The second-order valence-electron chi connectivity index (χ2n) is 12.4. The number of carbonyl (C=O) groups excluding carboxylic acids is 3. The standard InChI is InChI=1S/C35H53N3O3S/c1-7-13-29(39)20-28(22-34-36-31-17-16-27(24(4)5)21-33(31)42-34)35(41)37-30(26-14-11-10-12-15-26)18-19-32(40)25(6)23-38(8-2)9-3/h16-17,21,24,26,28,30H,6-15,18-20,22-23H2,1-5H3,(H,37,41)/t28-,30+/m0/s1. The number of nitrogens with one attached hydrogen (secondary N) is 1. The van der Waals surface area contributed by atoms with Crippen molar-refractivity contribution in [3.8, 4) is 0 Å². The van der Waals surface area contributed by atoms with Gasteiger partial charge < -0.3 is 5.32 Å². The zero-order valence-corrected chi connectivity index (χ0v) is 27.5. The summed E-state index contributed by atoms with van der Waals surface area (Å²) >= 11 is 1.63. The van der Waals surface area contributed by atoms with Gasteiger partial charge in [-0.05, 0) is 68.3 Å². The van der Waals surface area contributed by atoms with Crippen molar-refractivity contribution in [3.63, 3.8) is 0 Å². The fourth-order valence-electron chi connectivity index (χ4n) is 6.09. The Kier molecular flexibility index (Phi) is 13.8. The topological polar surface area (TPSA) is 79.4 Å². The second-order valence-corrected chi connectivity index (χ2v) is 13.5. The maximum absolute atomic E-state index is 13.9. The van der Waals surface area contributed by atoms with Gasteiger partial charge in [0, 0.05) is 43.8 Å². The maximum atomic E-state index is 13.9. The number of hydrogen-bond donors (Lipinski definition) is 1. The van der Waals surface area contributed by atoms with E-state index in [9.17, 15) is 14.4 Å². The van der Waals surface area contributed by atoms with E-state index in [1.165, 1.54) is 12.0 Å². The third kappa shape index (κ3) is 10.1. The van der Waals surface area contributed by atoms with Crippen LogP contribution in [0, 0.1) is 11.8 Å². The molecule has 3 rings (SSSR count). The first kappa shape index (κ1) is 34.1. The summed E-state index contributed by atoms with van der Waals surface area (Å²) < 4.78 is 1.12. The fourth-order valence-corrected chi connectivity index (χ4v) is 7.19. The van der Waals surface area contributed by atoms with Crippen LogP contribution < -0.4 is 5.32 Å². The van der Waals surface area contributed by atoms with E-state index in [-0.39, 0.29) is 29.9 Å². The molecule has 0 radical (unpaired) electrons. The van der Waals surface area contributed by atoms with Gasteiger partial charge in [0.15, 0.2) is 5.78 Å². The molecule has 1 saturated carbocycles. The van der Waals surface area contributed by atoms with E-state index in [0.29, 0.717) is 49.6 Å². The second kappa shape index (κ2) is 17.0. The minimum Gasteiger partial charge on any atom is -0.353 e. The number of benzene rings is 1. The zero-order valence-electron chi connectivity index (χ0n) is 26.7. The van der Waals surface area contributed by atoms with Gasteiger partial charge in [0.1, 0.15) is 5.78 Å². The van der Waals surface area contributed by atoms with E-state index in [1.54, 1.807) is 11.3 Å². The van der Waals surface area contributed by atoms with Gasteiger partial charge in [0.05, 0.1) is 21.1 Å². The molecular weight excluding hydrogens is 542 g/mol. The van der Waals surface area contributed by atoms with E-state index >= 15 is 0 Å². The number of amides is 1. The lowest BCUT2D eigenvalue weighted by atomic mass is 9.81. The number of nitrogens with zero attached hydrogens (tertiary/aromatic N) is 2. The quantitative estimate of drug-likeness (QED) is 0.179. The molecule has 1 fully saturated rings. The monoisotopic (exact) mass is 595 g/mol. The van der Waals surface area contributed by atoms with Crippen LogP contribution >= 0.6 is 11.3 Å². The molecule has 1 N–H and O–H groups in total. The van der Waals surface area contributed by atoms with Gasteiger partial charge in [-0.15, -0.1) is 11.3 Å². The fraction of sp³-hybridized carbons (Fsp3) is 0.657. The Labute approximate surface area is 257 Å². The molecule has 0 bridgehead atoms. The van der Waals surface area contributed by atoms with Gasteiger partial charge >= 0.3 is 0 Å². The number of Topliss-reactive ketones (excluding diaryl/α,β-unsaturated/α-hetero) is 2. The third-order valence-electron chi connectivity index (χ3n) is 8.85. The molecule has 1 heterocycles. The van der Waals surface area contributed by atoms with Gasteiger partial charge in [0.2, 0.25) is 5.91 Å². The summed E-state index contributed by atoms with van der Waals surface area (Å²) in [4.78, 5) is 46.8. The van der Waals surface area contributed by atoms with Crippen molar-refractivity contribution in [1.29, 1.82) is 0 Å². The Balaban J connectivity index is 1.76. The number of aromatic nitrogens is 1. The highest BCUT2D eigenvalue weighted by atomic mass is 32.1. The summed E-state index contributed by atoms with van der Waals surface area (Å²) in [5.41, 5.74) is 2.86. The Hall–Kier alpha value is -2.38. The van der Waals surface area contributed by atoms with E-state index in [2.05, 4.69) is 62.7 Å². The first-order valence-electron chi connectivity index (χ1n) is 16.3. The molecule has 1 aliphatic carbocycles. The highest BCUT2D eigenvalue weighted by Gasteiger charge is 2.30. The lowest BCUT2D eigenvalue weighted by molar-refractivity contribution is -0.130. The molecule has 1 aromatic heterocycles. The molecule has 1 aromatic carbocycles. The van der Waals surface area contributed by atoms with Crippen molar-refractivity contribution in [1.82, 2.24) is 15.2 Å². The Morgan fingerprint density at radius 3 is 2.43 bits per heavy atom. The van der Waals surface area contributed by atoms with Crippen LogP contribution in [-0.2, 0) is 20.8 Å². The van der Waals surface area contributed by atoms with E-state index in [1.807, 2.05) is 6.92 Å². The number of ketones is 2. The molecule has 0 aliphatic heterocycles. The zero-order chi connectivity index (χ0) is 30.6. The van der Waals surface area contributed by atoms with Crippen molar-refractivity contribution in [2.45, 2.75) is 117 Å². The molecule has 0 spiro atoms. The molecule has 232 valence electrons. The van der Waals surface area contributed by atoms with Crippen molar-refractivity contribution >= 4 is 39.0 Å². The summed E-state index contributed by atoms with van der Waals surface area (Å²) in [6, 6.07) is 6.31. The molecule has 2 aromatic rings. The number of fused-ring (bicyclic) bond motifs is 1. The lowest BCUT2D eigenvalue weighted by Crippen LogP contribution is -2.45. The summed E-state index contributed by atoms with van der Waals surface area (Å²) in [5.74, 6) is 0.457. The molecule has 0 saturated heterocycles. The first-order chi connectivity index (χ1) is 20.1. The molecule has 7 heteroatoms. The molecule has 42 heavy (non-hydrogen) atoms. The van der Waals surface area contributed by atoms with E-state index < -0.39 is 5.92 Å². The minimum absolute atomic E-state index is 0.0734. The molecule has 0 unspecified atom stereocenters. The van der Waals surface area contributed by atoms with E-state index in [0.717, 1.165) is 60.4 Å². The number of hydrogen-bond acceptors (Lipinski definition) is 6. The van der Waals surface area contributed by atoms with Gasteiger partial charge in [-0.3, -0.25) is 19.3 Å². The predicted molar refractivity (Wildman–Crippen MR) is 175 cm³/mol. The van der Waals surface area contributed by atoms with Gasteiger partial charge in [0.25, 0.3) is 0 Å². The summed E-state index contributed by atoms with van der Waals surface area (Å²) in [6.45, 7) is 17.0. The normalized spacial score (nSPS) is 15.7. The largest absolute Gasteiger partial charge is 0.353 e. The van der Waals surface area contributed by atoms with Crippen molar-refractivity contribution in [2.24, 2.45) is 11.8 Å². The first-order valence-corrected chi connectivity index (χ1v) is 17.1. The highest BCUT2D eigenvalue weighted by Crippen LogP contribution is 2.31. The number of thiazole rings is 1. The maximum Gasteiger partial charge on any atom is 0.224 e. The molecule has 6 nitrogen and oxygen atoms in total. The lowest BCUT2D eigenvalue weighted by Gasteiger charge is -2.32. The van der Waals surface area contributed by atoms with Crippen LogP contribution in [0.4, 0.5) is 0 Å². The molecule has 1 amide bonds. The summed E-state index contributed by atoms with van der Waals surface area (Å²) in [5, 5.41) is 4.26. The molecule has 2 atom stereocenters. The van der Waals surface area contributed by atoms with Crippen LogP contribution in [0.25, 0.3) is 10.2 Å². The van der Waals surface area contributed by atoms with Gasteiger partial charge in [-0.25, -0.2) is 4.98 Å². The average Bonchev–Trinajstić information content (AvgIpc) is 3.39.